The van der Waals surface area contributed by atoms with Crippen molar-refractivity contribution in [1.82, 2.24) is 9.97 Å². The van der Waals surface area contributed by atoms with E-state index in [0.717, 1.165) is 41.2 Å². The van der Waals surface area contributed by atoms with Crippen LogP contribution < -0.4 is 10.6 Å². The predicted octanol–water partition coefficient (Wildman–Crippen LogP) is 6.01. The van der Waals surface area contributed by atoms with Gasteiger partial charge < -0.3 is 10.6 Å². The van der Waals surface area contributed by atoms with E-state index >= 15 is 0 Å². The number of nitrogens with one attached hydrogen (secondary N) is 2. The van der Waals surface area contributed by atoms with Crippen molar-refractivity contribution in [2.24, 2.45) is 0 Å². The van der Waals surface area contributed by atoms with Crippen LogP contribution in [0.15, 0.2) is 85.2 Å². The zero-order valence-corrected chi connectivity index (χ0v) is 18.4. The molecule has 160 valence electrons. The molecule has 0 unspecified atom stereocenters. The molecule has 0 atom stereocenters. The zero-order valence-electron chi connectivity index (χ0n) is 17.7. The molecule has 2 N–H and O–H groups in total. The van der Waals surface area contributed by atoms with E-state index in [9.17, 15) is 4.79 Å². The van der Waals surface area contributed by atoms with Crippen LogP contribution in [0.2, 0.25) is 5.02 Å². The molecule has 0 spiro atoms. The molecule has 5 nitrogen and oxygen atoms in total. The number of carbonyl (C=O) groups is 1. The topological polar surface area (TPSA) is 66.9 Å². The predicted molar refractivity (Wildman–Crippen MR) is 130 cm³/mol. The highest BCUT2D eigenvalue weighted by Crippen LogP contribution is 2.27. The first-order valence-electron chi connectivity index (χ1n) is 10.4. The number of benzene rings is 2. The smallest absolute Gasteiger partial charge is 0.256 e. The Balaban J connectivity index is 1.42. The molecule has 2 aromatic heterocycles. The highest BCUT2D eigenvalue weighted by molar-refractivity contribution is 6.30. The van der Waals surface area contributed by atoms with Crippen LogP contribution in [0.25, 0.3) is 11.1 Å². The number of nitrogens with zero attached hydrogens (tertiary/aromatic N) is 2. The lowest BCUT2D eigenvalue weighted by Gasteiger charge is -2.12. The van der Waals surface area contributed by atoms with Crippen molar-refractivity contribution in [2.45, 2.75) is 13.3 Å². The van der Waals surface area contributed by atoms with Gasteiger partial charge in [0.25, 0.3) is 5.91 Å². The number of aryl methyl sites for hydroxylation is 1. The lowest BCUT2D eigenvalue weighted by atomic mass is 9.97. The van der Waals surface area contributed by atoms with Gasteiger partial charge in [0.2, 0.25) is 0 Å². The van der Waals surface area contributed by atoms with Gasteiger partial charge in [-0.05, 0) is 60.5 Å². The van der Waals surface area contributed by atoms with E-state index in [1.165, 1.54) is 0 Å². The Morgan fingerprint density at radius 1 is 0.969 bits per heavy atom. The van der Waals surface area contributed by atoms with Crippen LogP contribution in [-0.4, -0.2) is 22.4 Å². The van der Waals surface area contributed by atoms with E-state index in [-0.39, 0.29) is 5.91 Å². The normalized spacial score (nSPS) is 10.6. The summed E-state index contributed by atoms with van der Waals surface area (Å²) in [6, 6.07) is 22.8. The molecule has 0 saturated heterocycles. The maximum atomic E-state index is 13.0. The summed E-state index contributed by atoms with van der Waals surface area (Å²) in [4.78, 5) is 21.7. The van der Waals surface area contributed by atoms with E-state index in [1.54, 1.807) is 12.4 Å². The van der Waals surface area contributed by atoms with E-state index in [1.807, 2.05) is 79.7 Å². The van der Waals surface area contributed by atoms with Gasteiger partial charge in [-0.1, -0.05) is 47.5 Å². The van der Waals surface area contributed by atoms with Crippen molar-refractivity contribution in [2.75, 3.05) is 17.2 Å². The van der Waals surface area contributed by atoms with Gasteiger partial charge in [0.05, 0.1) is 11.9 Å². The number of hydrogen-bond donors (Lipinski definition) is 2. The van der Waals surface area contributed by atoms with Crippen molar-refractivity contribution >= 4 is 29.0 Å². The third-order valence-corrected chi connectivity index (χ3v) is 5.26. The van der Waals surface area contributed by atoms with E-state index in [2.05, 4.69) is 20.6 Å². The maximum Gasteiger partial charge on any atom is 0.256 e. The van der Waals surface area contributed by atoms with Crippen LogP contribution in [0.3, 0.4) is 0 Å². The number of anilines is 2. The molecule has 0 fully saturated rings. The lowest BCUT2D eigenvalue weighted by Crippen LogP contribution is -2.14. The Bertz CT molecular complexity index is 1190. The fraction of sp³-hybridized carbons (Fsp3) is 0.115. The van der Waals surface area contributed by atoms with E-state index in [0.29, 0.717) is 16.3 Å². The van der Waals surface area contributed by atoms with Gasteiger partial charge >= 0.3 is 0 Å². The lowest BCUT2D eigenvalue weighted by molar-refractivity contribution is 0.102. The Hall–Kier alpha value is -3.70. The number of hydrogen-bond acceptors (Lipinski definition) is 4. The van der Waals surface area contributed by atoms with Gasteiger partial charge in [0, 0.05) is 35.4 Å². The first-order valence-corrected chi connectivity index (χ1v) is 10.7. The van der Waals surface area contributed by atoms with Gasteiger partial charge in [-0.25, -0.2) is 4.98 Å². The molecule has 4 aromatic rings. The van der Waals surface area contributed by atoms with Crippen LogP contribution in [0, 0.1) is 6.92 Å². The van der Waals surface area contributed by atoms with Crippen molar-refractivity contribution in [3.05, 3.63) is 107 Å². The molecule has 2 aromatic carbocycles. The molecule has 6 heteroatoms. The number of aromatic nitrogens is 2. The molecule has 1 amide bonds. The zero-order chi connectivity index (χ0) is 22.3. The fourth-order valence-corrected chi connectivity index (χ4v) is 3.49. The monoisotopic (exact) mass is 442 g/mol. The summed E-state index contributed by atoms with van der Waals surface area (Å²) in [5.74, 6) is 0.559. The van der Waals surface area contributed by atoms with Gasteiger partial charge in [-0.2, -0.15) is 0 Å². The Kier molecular flexibility index (Phi) is 6.78. The van der Waals surface area contributed by atoms with Crippen LogP contribution in [0.4, 0.5) is 11.5 Å². The molecule has 0 saturated carbocycles. The average Bonchev–Trinajstić information content (AvgIpc) is 2.81. The van der Waals surface area contributed by atoms with E-state index in [4.69, 9.17) is 11.6 Å². The average molecular weight is 443 g/mol. The molecule has 32 heavy (non-hydrogen) atoms. The van der Waals surface area contributed by atoms with Crippen molar-refractivity contribution in [3.63, 3.8) is 0 Å². The van der Waals surface area contributed by atoms with Crippen LogP contribution in [0.1, 0.15) is 21.6 Å². The summed E-state index contributed by atoms with van der Waals surface area (Å²) >= 11 is 6.02. The fourth-order valence-electron chi connectivity index (χ4n) is 3.36. The van der Waals surface area contributed by atoms with Crippen molar-refractivity contribution in [3.8, 4) is 11.1 Å². The molecule has 0 aliphatic rings. The third-order valence-electron chi connectivity index (χ3n) is 5.01. The Labute approximate surface area is 192 Å². The molecule has 0 bridgehead atoms. The molecular formula is C26H23ClN4O. The number of pyridine rings is 2. The minimum atomic E-state index is -0.187. The SMILES string of the molecule is Cc1ccc(C(=O)Nc2ccc(NCCc3ccccn3)nc2)c(-c2ccc(Cl)cc2)c1. The quantitative estimate of drug-likeness (QED) is 0.367. The summed E-state index contributed by atoms with van der Waals surface area (Å²) in [6.07, 6.45) is 4.25. The van der Waals surface area contributed by atoms with Crippen molar-refractivity contribution in [1.29, 1.82) is 0 Å². The number of rotatable bonds is 7. The molecule has 4 rings (SSSR count). The van der Waals surface area contributed by atoms with Crippen LogP contribution in [0.5, 0.6) is 0 Å². The summed E-state index contributed by atoms with van der Waals surface area (Å²) < 4.78 is 0. The Morgan fingerprint density at radius 3 is 2.53 bits per heavy atom. The van der Waals surface area contributed by atoms with Crippen LogP contribution in [-0.2, 0) is 6.42 Å². The second-order valence-electron chi connectivity index (χ2n) is 7.44. The molecular weight excluding hydrogens is 420 g/mol. The maximum absolute atomic E-state index is 13.0. The minimum absolute atomic E-state index is 0.187. The highest BCUT2D eigenvalue weighted by atomic mass is 35.5. The summed E-state index contributed by atoms with van der Waals surface area (Å²) in [7, 11) is 0. The van der Waals surface area contributed by atoms with E-state index < -0.39 is 0 Å². The number of carbonyl (C=O) groups excluding carboxylic acids is 1. The summed E-state index contributed by atoms with van der Waals surface area (Å²) in [5.41, 5.74) is 5.13. The van der Waals surface area contributed by atoms with Gasteiger partial charge in [0.15, 0.2) is 0 Å². The molecule has 0 aliphatic carbocycles. The number of halogens is 1. The molecule has 2 heterocycles. The minimum Gasteiger partial charge on any atom is -0.370 e. The third kappa shape index (κ3) is 5.50. The van der Waals surface area contributed by atoms with Gasteiger partial charge in [-0.15, -0.1) is 0 Å². The van der Waals surface area contributed by atoms with Crippen molar-refractivity contribution < 1.29 is 4.79 Å². The Morgan fingerprint density at radius 2 is 1.81 bits per heavy atom. The highest BCUT2D eigenvalue weighted by Gasteiger charge is 2.14. The number of amides is 1. The van der Waals surface area contributed by atoms with Gasteiger partial charge in [0.1, 0.15) is 5.82 Å². The second-order valence-corrected chi connectivity index (χ2v) is 7.88. The first kappa shape index (κ1) is 21.5. The second kappa shape index (κ2) is 10.1. The largest absolute Gasteiger partial charge is 0.370 e. The molecule has 0 radical (unpaired) electrons. The standard InChI is InChI=1S/C26H23ClN4O/c1-18-5-11-23(24(16-18)19-6-8-20(27)9-7-19)26(32)31-22-10-12-25(30-17-22)29-15-13-21-4-2-3-14-28-21/h2-12,14,16-17H,13,15H2,1H3,(H,29,30)(H,31,32). The molecule has 0 aliphatic heterocycles. The summed E-state index contributed by atoms with van der Waals surface area (Å²) in [5, 5.41) is 6.87. The first-order chi connectivity index (χ1) is 15.6. The van der Waals surface area contributed by atoms with Gasteiger partial charge in [-0.3, -0.25) is 9.78 Å². The van der Waals surface area contributed by atoms with Crippen LogP contribution >= 0.6 is 11.6 Å². The summed E-state index contributed by atoms with van der Waals surface area (Å²) in [6.45, 7) is 2.73.